The van der Waals surface area contributed by atoms with Crippen molar-refractivity contribution in [1.82, 2.24) is 0 Å². The molecule has 0 saturated carbocycles. The minimum atomic E-state index is -0.598. The van der Waals surface area contributed by atoms with Crippen molar-refractivity contribution in [2.24, 2.45) is 0 Å². The molecule has 1 saturated heterocycles. The highest BCUT2D eigenvalue weighted by molar-refractivity contribution is 6.45. The minimum absolute atomic E-state index is 0.164. The van der Waals surface area contributed by atoms with Crippen LogP contribution in [0.25, 0.3) is 0 Å². The number of hydrogen-bond donors (Lipinski definition) is 0. The Kier molecular flexibility index (Phi) is 3.34. The fraction of sp³-hybridized carbons (Fsp3) is 0.250. The fourth-order valence-corrected chi connectivity index (χ4v) is 1.99. The lowest BCUT2D eigenvalue weighted by molar-refractivity contribution is -0.133. The molecule has 0 aromatic heterocycles. The van der Waals surface area contributed by atoms with Gasteiger partial charge >= 0.3 is 5.97 Å². The van der Waals surface area contributed by atoms with Crippen molar-refractivity contribution in [1.29, 1.82) is 0 Å². The smallest absolute Gasteiger partial charge is 0.337 e. The van der Waals surface area contributed by atoms with Crippen molar-refractivity contribution in [3.05, 3.63) is 28.8 Å². The van der Waals surface area contributed by atoms with Crippen LogP contribution in [0.3, 0.4) is 0 Å². The number of ketones is 1. The van der Waals surface area contributed by atoms with Gasteiger partial charge in [0.15, 0.2) is 0 Å². The molecule has 18 heavy (non-hydrogen) atoms. The predicted molar refractivity (Wildman–Crippen MR) is 64.8 cm³/mol. The first kappa shape index (κ1) is 12.6. The van der Waals surface area contributed by atoms with Crippen LogP contribution in [0.2, 0.25) is 5.02 Å². The van der Waals surface area contributed by atoms with Gasteiger partial charge in [0.1, 0.15) is 0 Å². The predicted octanol–water partition coefficient (Wildman–Crippen LogP) is 1.43. The highest BCUT2D eigenvalue weighted by Gasteiger charge is 2.31. The summed E-state index contributed by atoms with van der Waals surface area (Å²) in [6.45, 7) is 0.280. The molecule has 6 heteroatoms. The van der Waals surface area contributed by atoms with Crippen LogP contribution in [0.5, 0.6) is 0 Å². The monoisotopic (exact) mass is 267 g/mol. The second-order valence-electron chi connectivity index (χ2n) is 3.79. The number of carbonyl (C=O) groups is 3. The van der Waals surface area contributed by atoms with Crippen molar-refractivity contribution < 1.29 is 19.1 Å². The van der Waals surface area contributed by atoms with Gasteiger partial charge < -0.3 is 9.64 Å². The summed E-state index contributed by atoms with van der Waals surface area (Å²) in [5.74, 6) is -1.57. The molecule has 0 N–H and O–H groups in total. The summed E-state index contributed by atoms with van der Waals surface area (Å²) in [5, 5.41) is 0.311. The molecule has 0 atom stereocenters. The van der Waals surface area contributed by atoms with Crippen LogP contribution in [0.4, 0.5) is 5.69 Å². The number of anilines is 1. The average Bonchev–Trinajstić information content (AvgIpc) is 2.70. The molecule has 94 valence electrons. The molecule has 1 aromatic rings. The number of benzene rings is 1. The molecule has 0 aliphatic carbocycles. The highest BCUT2D eigenvalue weighted by Crippen LogP contribution is 2.29. The van der Waals surface area contributed by atoms with Gasteiger partial charge in [-0.05, 0) is 18.2 Å². The van der Waals surface area contributed by atoms with Gasteiger partial charge in [-0.25, -0.2) is 4.79 Å². The first-order valence-corrected chi connectivity index (χ1v) is 5.65. The zero-order valence-electron chi connectivity index (χ0n) is 9.60. The first-order valence-electron chi connectivity index (χ1n) is 5.27. The molecule has 0 unspecified atom stereocenters. The van der Waals surface area contributed by atoms with E-state index in [1.165, 1.54) is 30.2 Å². The Morgan fingerprint density at radius 1 is 1.39 bits per heavy atom. The summed E-state index contributed by atoms with van der Waals surface area (Å²) >= 11 is 5.98. The Bertz CT molecular complexity index is 541. The highest BCUT2D eigenvalue weighted by atomic mass is 35.5. The lowest BCUT2D eigenvalue weighted by atomic mass is 10.2. The summed E-state index contributed by atoms with van der Waals surface area (Å²) in [7, 11) is 1.27. The number of Topliss-reactive ketones (excluding diaryl/α,β-unsaturated/α-hetero) is 1. The van der Waals surface area contributed by atoms with Gasteiger partial charge in [0.2, 0.25) is 5.78 Å². The second-order valence-corrected chi connectivity index (χ2v) is 4.19. The van der Waals surface area contributed by atoms with Gasteiger partial charge in [0.05, 0.1) is 23.4 Å². The number of esters is 1. The van der Waals surface area contributed by atoms with Crippen LogP contribution in [0.15, 0.2) is 18.2 Å². The maximum absolute atomic E-state index is 11.6. The van der Waals surface area contributed by atoms with Crippen molar-refractivity contribution >= 4 is 34.9 Å². The molecule has 0 bridgehead atoms. The van der Waals surface area contributed by atoms with Gasteiger partial charge in [0.25, 0.3) is 5.91 Å². The van der Waals surface area contributed by atoms with E-state index >= 15 is 0 Å². The summed E-state index contributed by atoms with van der Waals surface area (Å²) in [6.07, 6.45) is 0.164. The van der Waals surface area contributed by atoms with Gasteiger partial charge in [-0.1, -0.05) is 11.6 Å². The molecule has 1 aromatic carbocycles. The van der Waals surface area contributed by atoms with E-state index in [-0.39, 0.29) is 18.5 Å². The number of nitrogens with zero attached hydrogens (tertiary/aromatic N) is 1. The van der Waals surface area contributed by atoms with Gasteiger partial charge in [0, 0.05) is 13.0 Å². The van der Waals surface area contributed by atoms with Crippen LogP contribution >= 0.6 is 11.6 Å². The van der Waals surface area contributed by atoms with Gasteiger partial charge in [-0.15, -0.1) is 0 Å². The zero-order chi connectivity index (χ0) is 13.3. The molecule has 5 nitrogen and oxygen atoms in total. The first-order chi connectivity index (χ1) is 8.54. The van der Waals surface area contributed by atoms with E-state index in [2.05, 4.69) is 4.74 Å². The normalized spacial score (nSPS) is 15.1. The molecular weight excluding hydrogens is 258 g/mol. The molecular formula is C12H10ClNO4. The number of ether oxygens (including phenoxy) is 1. The molecule has 1 amide bonds. The van der Waals surface area contributed by atoms with Crippen molar-refractivity contribution in [3.8, 4) is 0 Å². The molecule has 1 heterocycles. The lowest BCUT2D eigenvalue weighted by Gasteiger charge is -2.16. The SMILES string of the molecule is COC(=O)c1ccc(Cl)c(N2CCC(=O)C2=O)c1. The van der Waals surface area contributed by atoms with Crippen LogP contribution in [-0.2, 0) is 14.3 Å². The Balaban J connectivity index is 2.41. The molecule has 1 aliphatic heterocycles. The third-order valence-corrected chi connectivity index (χ3v) is 3.02. The number of methoxy groups -OCH3 is 1. The quantitative estimate of drug-likeness (QED) is 0.601. The maximum atomic E-state index is 11.6. The van der Waals surface area contributed by atoms with E-state index < -0.39 is 17.7 Å². The van der Waals surface area contributed by atoms with Crippen LogP contribution in [0.1, 0.15) is 16.8 Å². The average molecular weight is 268 g/mol. The number of carbonyl (C=O) groups excluding carboxylic acids is 3. The van der Waals surface area contributed by atoms with E-state index in [4.69, 9.17) is 11.6 Å². The van der Waals surface area contributed by atoms with E-state index in [9.17, 15) is 14.4 Å². The van der Waals surface area contributed by atoms with E-state index in [0.717, 1.165) is 0 Å². The number of amides is 1. The van der Waals surface area contributed by atoms with E-state index in [1.807, 2.05) is 0 Å². The number of halogens is 1. The Hall–Kier alpha value is -1.88. The third-order valence-electron chi connectivity index (χ3n) is 2.70. The van der Waals surface area contributed by atoms with Crippen molar-refractivity contribution in [2.45, 2.75) is 6.42 Å². The van der Waals surface area contributed by atoms with Crippen LogP contribution in [0, 0.1) is 0 Å². The van der Waals surface area contributed by atoms with Crippen LogP contribution in [-0.4, -0.2) is 31.3 Å². The standard InChI is InChI=1S/C12H10ClNO4/c1-18-12(17)7-2-3-8(13)9(6-7)14-5-4-10(15)11(14)16/h2-3,6H,4-5H2,1H3. The topological polar surface area (TPSA) is 63.7 Å². The molecule has 0 spiro atoms. The van der Waals surface area contributed by atoms with Crippen LogP contribution < -0.4 is 4.90 Å². The number of rotatable bonds is 2. The summed E-state index contributed by atoms with van der Waals surface area (Å²) in [4.78, 5) is 35.5. The Morgan fingerprint density at radius 2 is 2.11 bits per heavy atom. The number of hydrogen-bond acceptors (Lipinski definition) is 4. The molecule has 2 rings (SSSR count). The van der Waals surface area contributed by atoms with Gasteiger partial charge in [-0.2, -0.15) is 0 Å². The van der Waals surface area contributed by atoms with Gasteiger partial charge in [-0.3, -0.25) is 9.59 Å². The summed E-state index contributed by atoms with van der Waals surface area (Å²) in [5.41, 5.74) is 0.638. The second kappa shape index (κ2) is 4.78. The van der Waals surface area contributed by atoms with E-state index in [0.29, 0.717) is 10.7 Å². The summed E-state index contributed by atoms with van der Waals surface area (Å²) < 4.78 is 4.59. The third kappa shape index (κ3) is 2.09. The maximum Gasteiger partial charge on any atom is 0.337 e. The minimum Gasteiger partial charge on any atom is -0.465 e. The molecule has 1 aliphatic rings. The van der Waals surface area contributed by atoms with E-state index in [1.54, 1.807) is 0 Å². The van der Waals surface area contributed by atoms with Crippen molar-refractivity contribution in [2.75, 3.05) is 18.6 Å². The largest absolute Gasteiger partial charge is 0.465 e. The molecule has 1 fully saturated rings. The zero-order valence-corrected chi connectivity index (χ0v) is 10.4. The summed E-state index contributed by atoms with van der Waals surface area (Å²) in [6, 6.07) is 4.45. The Labute approximate surface area is 108 Å². The Morgan fingerprint density at radius 3 is 2.67 bits per heavy atom. The lowest BCUT2D eigenvalue weighted by Crippen LogP contribution is -2.27. The van der Waals surface area contributed by atoms with Crippen molar-refractivity contribution in [3.63, 3.8) is 0 Å². The molecule has 0 radical (unpaired) electrons. The fourth-order valence-electron chi connectivity index (χ4n) is 1.77.